The molecule has 7 unspecified atom stereocenters. The Kier molecular flexibility index (Phi) is 55.3. The fraction of sp³-hybridized carbons (Fsp3) is 0.681. The SMILES string of the molecule is CC/C=C\C/C=C\C/C=C\C/C=C\C/C=C\C/C=C\C/C=C\C/C=C\CCCCCCCCCCCCC(=O)NC(COC1OC(CO)C(O)C(O)C1O)C(O)/C=C/CC/C=C/CC/C=C/CCCCCCCCCCCCCCC. The molecule has 0 saturated carbocycles. The minimum Gasteiger partial charge on any atom is -0.394 e. The molecule has 0 aromatic rings. The Morgan fingerprint density at radius 1 is 0.432 bits per heavy atom. The lowest BCUT2D eigenvalue weighted by Gasteiger charge is -2.40. The molecular formula is C72H121NO8. The van der Waals surface area contributed by atoms with Gasteiger partial charge in [-0.15, -0.1) is 0 Å². The van der Waals surface area contributed by atoms with Crippen molar-refractivity contribution in [3.05, 3.63) is 134 Å². The summed E-state index contributed by atoms with van der Waals surface area (Å²) in [5, 5.41) is 54.6. The number of allylic oxidation sites excluding steroid dienone is 21. The molecule has 0 radical (unpaired) electrons. The molecule has 9 nitrogen and oxygen atoms in total. The minimum atomic E-state index is -1.58. The highest BCUT2D eigenvalue weighted by Gasteiger charge is 2.44. The van der Waals surface area contributed by atoms with Crippen molar-refractivity contribution in [2.24, 2.45) is 0 Å². The van der Waals surface area contributed by atoms with E-state index >= 15 is 0 Å². The van der Waals surface area contributed by atoms with E-state index in [2.05, 4.69) is 141 Å². The molecule has 7 atom stereocenters. The number of aliphatic hydroxyl groups is 5. The summed E-state index contributed by atoms with van der Waals surface area (Å²) in [7, 11) is 0. The number of unbranched alkanes of at least 4 members (excludes halogenated alkanes) is 25. The smallest absolute Gasteiger partial charge is 0.220 e. The Morgan fingerprint density at radius 3 is 1.19 bits per heavy atom. The molecule has 0 spiro atoms. The molecule has 1 aliphatic rings. The van der Waals surface area contributed by atoms with Crippen molar-refractivity contribution in [3.63, 3.8) is 0 Å². The molecular weight excluding hydrogens is 1010 g/mol. The van der Waals surface area contributed by atoms with Gasteiger partial charge in [0.25, 0.3) is 0 Å². The Labute approximate surface area is 496 Å². The number of aliphatic hydroxyl groups excluding tert-OH is 5. The quantitative estimate of drug-likeness (QED) is 0.0261. The lowest BCUT2D eigenvalue weighted by Crippen LogP contribution is -2.60. The number of ether oxygens (including phenoxy) is 2. The van der Waals surface area contributed by atoms with Gasteiger partial charge in [0.15, 0.2) is 6.29 Å². The number of hydrogen-bond donors (Lipinski definition) is 6. The monoisotopic (exact) mass is 1130 g/mol. The lowest BCUT2D eigenvalue weighted by atomic mass is 9.99. The van der Waals surface area contributed by atoms with Gasteiger partial charge in [-0.3, -0.25) is 4.79 Å². The van der Waals surface area contributed by atoms with Gasteiger partial charge in [-0.05, 0) is 109 Å². The third-order valence-electron chi connectivity index (χ3n) is 14.7. The van der Waals surface area contributed by atoms with E-state index in [1.165, 1.54) is 122 Å². The molecule has 0 aromatic carbocycles. The molecule has 9 heteroatoms. The third-order valence-corrected chi connectivity index (χ3v) is 14.7. The van der Waals surface area contributed by atoms with Gasteiger partial charge in [0, 0.05) is 6.42 Å². The van der Waals surface area contributed by atoms with Gasteiger partial charge in [0.2, 0.25) is 5.91 Å². The molecule has 0 aromatic heterocycles. The fourth-order valence-corrected chi connectivity index (χ4v) is 9.56. The number of nitrogens with one attached hydrogen (secondary N) is 1. The van der Waals surface area contributed by atoms with Crippen LogP contribution in [0, 0.1) is 0 Å². The van der Waals surface area contributed by atoms with Crippen molar-refractivity contribution >= 4 is 5.91 Å². The second kappa shape index (κ2) is 59.5. The van der Waals surface area contributed by atoms with Crippen LogP contribution in [-0.2, 0) is 14.3 Å². The molecule has 1 heterocycles. The van der Waals surface area contributed by atoms with Crippen LogP contribution in [-0.4, -0.2) is 87.5 Å². The largest absolute Gasteiger partial charge is 0.394 e. The van der Waals surface area contributed by atoms with Crippen molar-refractivity contribution in [1.82, 2.24) is 5.32 Å². The predicted octanol–water partition coefficient (Wildman–Crippen LogP) is 17.6. The standard InChI is InChI=1S/C72H121NO8/c1-3-5-7-9-11-13-15-17-19-21-23-25-27-28-29-30-31-32-33-34-35-36-37-38-40-42-44-46-48-50-52-54-56-58-60-62-68(76)73-65(64-80-72-71(79)70(78)69(77)67(63-74)81-72)66(75)61-59-57-55-53-51-49-47-45-43-41-39-26-24-22-20-18-16-14-12-10-8-6-4-2/h5,7,11,13,17,19,23,25,28-29,31-32,34-35,37-38,43,45,51,53,59,61,65-67,69-72,74-75,77-79H,3-4,6,8-10,12,14-16,18,20-22,24,26-27,30,33,36,39-42,44,46-50,52,54-58,60,62-64H2,1-2H3,(H,73,76)/b7-5-,13-11-,19-17-,25-23-,29-28-,32-31-,35-34-,38-37-,45-43+,53-51+,61-59+. The van der Waals surface area contributed by atoms with Gasteiger partial charge in [-0.25, -0.2) is 0 Å². The van der Waals surface area contributed by atoms with Gasteiger partial charge in [0.05, 0.1) is 25.4 Å². The Hall–Kier alpha value is -3.67. The van der Waals surface area contributed by atoms with Crippen molar-refractivity contribution in [3.8, 4) is 0 Å². The zero-order chi connectivity index (χ0) is 58.6. The summed E-state index contributed by atoms with van der Waals surface area (Å²) in [4.78, 5) is 13.1. The highest BCUT2D eigenvalue weighted by atomic mass is 16.7. The number of amides is 1. The fourth-order valence-electron chi connectivity index (χ4n) is 9.56. The van der Waals surface area contributed by atoms with Crippen LogP contribution in [0.15, 0.2) is 134 Å². The lowest BCUT2D eigenvalue weighted by molar-refractivity contribution is -0.302. The van der Waals surface area contributed by atoms with Crippen molar-refractivity contribution < 1.29 is 39.8 Å². The molecule has 0 aliphatic carbocycles. The van der Waals surface area contributed by atoms with Crippen molar-refractivity contribution in [2.45, 2.75) is 301 Å². The molecule has 1 rings (SSSR count). The highest BCUT2D eigenvalue weighted by molar-refractivity contribution is 5.76. The maximum absolute atomic E-state index is 13.1. The summed E-state index contributed by atoms with van der Waals surface area (Å²) in [5.74, 6) is -0.200. The summed E-state index contributed by atoms with van der Waals surface area (Å²) in [6.45, 7) is 3.65. The van der Waals surface area contributed by atoms with E-state index < -0.39 is 49.5 Å². The van der Waals surface area contributed by atoms with Crippen LogP contribution in [0.2, 0.25) is 0 Å². The molecule has 0 bridgehead atoms. The van der Waals surface area contributed by atoms with Crippen LogP contribution < -0.4 is 5.32 Å². The van der Waals surface area contributed by atoms with Crippen molar-refractivity contribution in [2.75, 3.05) is 13.2 Å². The third kappa shape index (κ3) is 48.4. The molecule has 1 aliphatic heterocycles. The van der Waals surface area contributed by atoms with Gasteiger partial charge in [-0.2, -0.15) is 0 Å². The van der Waals surface area contributed by atoms with E-state index in [1.807, 2.05) is 6.08 Å². The van der Waals surface area contributed by atoms with E-state index in [4.69, 9.17) is 9.47 Å². The second-order valence-electron chi connectivity index (χ2n) is 22.2. The first-order valence-electron chi connectivity index (χ1n) is 32.9. The molecule has 81 heavy (non-hydrogen) atoms. The van der Waals surface area contributed by atoms with Gasteiger partial charge >= 0.3 is 0 Å². The van der Waals surface area contributed by atoms with Gasteiger partial charge in [-0.1, -0.05) is 276 Å². The first-order valence-corrected chi connectivity index (χ1v) is 32.9. The summed E-state index contributed by atoms with van der Waals surface area (Å²) in [6, 6.07) is -0.841. The first-order chi connectivity index (χ1) is 39.8. The molecule has 1 amide bonds. The van der Waals surface area contributed by atoms with Crippen LogP contribution in [0.25, 0.3) is 0 Å². The average molecular weight is 1130 g/mol. The Bertz CT molecular complexity index is 1740. The van der Waals surface area contributed by atoms with E-state index in [1.54, 1.807) is 6.08 Å². The second-order valence-corrected chi connectivity index (χ2v) is 22.2. The molecule has 462 valence electrons. The van der Waals surface area contributed by atoms with Gasteiger partial charge in [0.1, 0.15) is 24.4 Å². The van der Waals surface area contributed by atoms with Crippen LogP contribution in [0.4, 0.5) is 0 Å². The summed E-state index contributed by atoms with van der Waals surface area (Å²) >= 11 is 0. The molecule has 6 N–H and O–H groups in total. The summed E-state index contributed by atoms with van der Waals surface area (Å²) in [5.41, 5.74) is 0. The van der Waals surface area contributed by atoms with E-state index in [9.17, 15) is 30.3 Å². The predicted molar refractivity (Wildman–Crippen MR) is 345 cm³/mol. The molecule has 1 fully saturated rings. The van der Waals surface area contributed by atoms with Crippen LogP contribution in [0.3, 0.4) is 0 Å². The Balaban J connectivity index is 2.21. The highest BCUT2D eigenvalue weighted by Crippen LogP contribution is 2.23. The minimum absolute atomic E-state index is 0.200. The van der Waals surface area contributed by atoms with Crippen molar-refractivity contribution in [1.29, 1.82) is 0 Å². The normalized spacial score (nSPS) is 19.3. The number of carbonyl (C=O) groups excluding carboxylic acids is 1. The number of rotatable bonds is 55. The van der Waals surface area contributed by atoms with Crippen LogP contribution >= 0.6 is 0 Å². The van der Waals surface area contributed by atoms with Gasteiger partial charge < -0.3 is 40.3 Å². The first kappa shape index (κ1) is 75.3. The average Bonchev–Trinajstić information content (AvgIpc) is 3.48. The zero-order valence-electron chi connectivity index (χ0n) is 51.5. The van der Waals surface area contributed by atoms with E-state index in [-0.39, 0.29) is 12.5 Å². The summed E-state index contributed by atoms with van der Waals surface area (Å²) in [6.07, 6.45) is 83.9. The van der Waals surface area contributed by atoms with E-state index in [0.717, 1.165) is 116 Å². The maximum Gasteiger partial charge on any atom is 0.220 e. The van der Waals surface area contributed by atoms with Crippen LogP contribution in [0.1, 0.15) is 258 Å². The maximum atomic E-state index is 13.1. The van der Waals surface area contributed by atoms with E-state index in [0.29, 0.717) is 6.42 Å². The Morgan fingerprint density at radius 2 is 0.778 bits per heavy atom. The topological polar surface area (TPSA) is 149 Å². The number of carbonyl (C=O) groups is 1. The molecule has 1 saturated heterocycles. The zero-order valence-corrected chi connectivity index (χ0v) is 51.5. The number of hydrogen-bond acceptors (Lipinski definition) is 8. The summed E-state index contributed by atoms with van der Waals surface area (Å²) < 4.78 is 11.3. The van der Waals surface area contributed by atoms with Crippen LogP contribution in [0.5, 0.6) is 0 Å².